The number of hydrogen-bond donors (Lipinski definition) is 1. The maximum atomic E-state index is 12.9. The van der Waals surface area contributed by atoms with Crippen LogP contribution in [0.1, 0.15) is 22.4 Å². The molecule has 0 aliphatic carbocycles. The van der Waals surface area contributed by atoms with Crippen LogP contribution in [0.2, 0.25) is 0 Å². The minimum absolute atomic E-state index is 0.453. The molecule has 8 heteroatoms. The van der Waals surface area contributed by atoms with Crippen LogP contribution in [-0.2, 0) is 25.7 Å². The third-order valence-electron chi connectivity index (χ3n) is 4.77. The van der Waals surface area contributed by atoms with Crippen LogP contribution in [0, 0.1) is 4.77 Å². The Morgan fingerprint density at radius 2 is 1.96 bits per heavy atom. The zero-order valence-electron chi connectivity index (χ0n) is 14.8. The number of alkyl halides is 3. The summed E-state index contributed by atoms with van der Waals surface area (Å²) in [4.78, 5) is 13.9. The van der Waals surface area contributed by atoms with Crippen molar-refractivity contribution in [1.29, 1.82) is 0 Å². The van der Waals surface area contributed by atoms with Gasteiger partial charge >= 0.3 is 6.18 Å². The van der Waals surface area contributed by atoms with Crippen molar-refractivity contribution in [3.8, 4) is 11.3 Å². The standard InChI is InChI=1S/C20H17F3N4S/c21-20(22,23)16-3-1-2-14(8-16)17-5-4-13(9-24-17)11-27-7-6-18-15(12-27)10-25-19(28)26-18/h1-5,8-10H,6-7,11-12H2,(H,25,26,28). The molecule has 1 aliphatic rings. The summed E-state index contributed by atoms with van der Waals surface area (Å²) < 4.78 is 39.2. The van der Waals surface area contributed by atoms with Crippen LogP contribution < -0.4 is 0 Å². The maximum Gasteiger partial charge on any atom is 0.416 e. The molecule has 0 bridgehead atoms. The monoisotopic (exact) mass is 402 g/mol. The average Bonchev–Trinajstić information content (AvgIpc) is 2.68. The molecule has 0 amide bonds. The van der Waals surface area contributed by atoms with Crippen LogP contribution in [0.4, 0.5) is 13.2 Å². The van der Waals surface area contributed by atoms with Crippen LogP contribution >= 0.6 is 12.2 Å². The number of benzene rings is 1. The molecule has 1 aromatic carbocycles. The second kappa shape index (κ2) is 7.44. The first-order chi connectivity index (χ1) is 13.4. The van der Waals surface area contributed by atoms with E-state index in [1.807, 2.05) is 12.3 Å². The number of nitrogens with one attached hydrogen (secondary N) is 1. The van der Waals surface area contributed by atoms with Gasteiger partial charge in [0.15, 0.2) is 4.77 Å². The number of hydrogen-bond acceptors (Lipinski definition) is 4. The molecule has 2 aromatic heterocycles. The number of halogens is 3. The van der Waals surface area contributed by atoms with Crippen molar-refractivity contribution in [2.24, 2.45) is 0 Å². The van der Waals surface area contributed by atoms with Crippen LogP contribution in [0.5, 0.6) is 0 Å². The number of aromatic amines is 1. The average molecular weight is 402 g/mol. The van der Waals surface area contributed by atoms with Crippen LogP contribution in [0.3, 0.4) is 0 Å². The Morgan fingerprint density at radius 3 is 2.71 bits per heavy atom. The highest BCUT2D eigenvalue weighted by Crippen LogP contribution is 2.31. The normalized spacial score (nSPS) is 14.7. The summed E-state index contributed by atoms with van der Waals surface area (Å²) in [5.74, 6) is 0. The third kappa shape index (κ3) is 4.13. The van der Waals surface area contributed by atoms with Gasteiger partial charge in [0.1, 0.15) is 0 Å². The Labute approximate surface area is 165 Å². The number of nitrogens with zero attached hydrogens (tertiary/aromatic N) is 3. The fraction of sp³-hybridized carbons (Fsp3) is 0.250. The Balaban J connectivity index is 1.47. The molecule has 0 saturated heterocycles. The summed E-state index contributed by atoms with van der Waals surface area (Å²) in [6.45, 7) is 2.37. The maximum absolute atomic E-state index is 12.9. The summed E-state index contributed by atoms with van der Waals surface area (Å²) in [6.07, 6.45) is 0.0488. The van der Waals surface area contributed by atoms with Gasteiger partial charge in [-0.1, -0.05) is 18.2 Å². The third-order valence-corrected chi connectivity index (χ3v) is 4.98. The van der Waals surface area contributed by atoms with E-state index in [9.17, 15) is 13.2 Å². The molecule has 0 radical (unpaired) electrons. The van der Waals surface area contributed by atoms with Gasteiger partial charge in [0, 0.05) is 55.3 Å². The first kappa shape index (κ1) is 18.8. The van der Waals surface area contributed by atoms with Crippen LogP contribution in [0.25, 0.3) is 11.3 Å². The predicted octanol–water partition coefficient (Wildman–Crippen LogP) is 4.78. The van der Waals surface area contributed by atoms with E-state index >= 15 is 0 Å². The zero-order chi connectivity index (χ0) is 19.7. The largest absolute Gasteiger partial charge is 0.416 e. The Morgan fingerprint density at radius 1 is 1.11 bits per heavy atom. The van der Waals surface area contributed by atoms with E-state index in [4.69, 9.17) is 12.2 Å². The fourth-order valence-corrected chi connectivity index (χ4v) is 3.52. The molecule has 0 spiro atoms. The summed E-state index contributed by atoms with van der Waals surface area (Å²) in [7, 11) is 0. The molecule has 3 aromatic rings. The van der Waals surface area contributed by atoms with Gasteiger partial charge in [0.05, 0.1) is 11.3 Å². The summed E-state index contributed by atoms with van der Waals surface area (Å²) >= 11 is 5.06. The molecule has 4 rings (SSSR count). The smallest absolute Gasteiger partial charge is 0.334 e. The minimum atomic E-state index is -4.36. The van der Waals surface area contributed by atoms with E-state index in [0.717, 1.165) is 48.5 Å². The Kier molecular flexibility index (Phi) is 4.99. The Bertz CT molecular complexity index is 1040. The van der Waals surface area contributed by atoms with Gasteiger partial charge in [0.2, 0.25) is 0 Å². The van der Waals surface area contributed by atoms with E-state index in [0.29, 0.717) is 22.6 Å². The lowest BCUT2D eigenvalue weighted by Gasteiger charge is -2.28. The van der Waals surface area contributed by atoms with Gasteiger partial charge in [-0.3, -0.25) is 9.88 Å². The lowest BCUT2D eigenvalue weighted by Crippen LogP contribution is -2.30. The number of H-pyrrole nitrogens is 1. The molecular weight excluding hydrogens is 385 g/mol. The number of fused-ring (bicyclic) bond motifs is 1. The van der Waals surface area contributed by atoms with Gasteiger partial charge in [-0.15, -0.1) is 0 Å². The molecule has 1 N–H and O–H groups in total. The highest BCUT2D eigenvalue weighted by atomic mass is 32.1. The predicted molar refractivity (Wildman–Crippen MR) is 102 cm³/mol. The second-order valence-electron chi connectivity index (χ2n) is 6.78. The summed E-state index contributed by atoms with van der Waals surface area (Å²) in [5.41, 5.74) is 3.58. The van der Waals surface area contributed by atoms with E-state index in [1.165, 1.54) is 6.07 Å². The molecule has 3 heterocycles. The first-order valence-corrected chi connectivity index (χ1v) is 9.21. The van der Waals surface area contributed by atoms with E-state index < -0.39 is 11.7 Å². The molecule has 0 unspecified atom stereocenters. The van der Waals surface area contributed by atoms with Crippen molar-refractivity contribution in [1.82, 2.24) is 19.9 Å². The van der Waals surface area contributed by atoms with E-state index in [-0.39, 0.29) is 0 Å². The van der Waals surface area contributed by atoms with Gasteiger partial charge in [0.25, 0.3) is 0 Å². The molecule has 28 heavy (non-hydrogen) atoms. The minimum Gasteiger partial charge on any atom is -0.334 e. The highest BCUT2D eigenvalue weighted by Gasteiger charge is 2.30. The molecule has 0 atom stereocenters. The van der Waals surface area contributed by atoms with Gasteiger partial charge in [-0.2, -0.15) is 13.2 Å². The topological polar surface area (TPSA) is 44.8 Å². The summed E-state index contributed by atoms with van der Waals surface area (Å²) in [6, 6.07) is 8.90. The highest BCUT2D eigenvalue weighted by molar-refractivity contribution is 7.71. The Hall–Kier alpha value is -2.58. The molecule has 0 saturated carbocycles. The lowest BCUT2D eigenvalue weighted by molar-refractivity contribution is -0.137. The fourth-order valence-electron chi connectivity index (χ4n) is 3.34. The molecule has 4 nitrogen and oxygen atoms in total. The number of rotatable bonds is 3. The van der Waals surface area contributed by atoms with Crippen molar-refractivity contribution >= 4 is 12.2 Å². The number of aromatic nitrogens is 3. The van der Waals surface area contributed by atoms with Crippen molar-refractivity contribution in [2.75, 3.05) is 6.54 Å². The van der Waals surface area contributed by atoms with Crippen LogP contribution in [-0.4, -0.2) is 26.4 Å². The molecule has 0 fully saturated rings. The molecular formula is C20H17F3N4S. The van der Waals surface area contributed by atoms with Crippen molar-refractivity contribution < 1.29 is 13.2 Å². The zero-order valence-corrected chi connectivity index (χ0v) is 15.6. The van der Waals surface area contributed by atoms with Crippen molar-refractivity contribution in [2.45, 2.75) is 25.7 Å². The quantitative estimate of drug-likeness (QED) is 0.641. The lowest BCUT2D eigenvalue weighted by atomic mass is 10.1. The number of pyridine rings is 1. The van der Waals surface area contributed by atoms with Crippen molar-refractivity contribution in [3.05, 3.63) is 75.9 Å². The SMILES string of the molecule is FC(F)(F)c1cccc(-c2ccc(CN3CCc4[nH]c(=S)ncc4C3)cn2)c1. The molecule has 144 valence electrons. The van der Waals surface area contributed by atoms with Gasteiger partial charge in [-0.05, 0) is 36.0 Å². The van der Waals surface area contributed by atoms with Crippen LogP contribution in [0.15, 0.2) is 48.8 Å². The van der Waals surface area contributed by atoms with Gasteiger partial charge < -0.3 is 4.98 Å². The van der Waals surface area contributed by atoms with Gasteiger partial charge in [-0.25, -0.2) is 4.98 Å². The van der Waals surface area contributed by atoms with Crippen molar-refractivity contribution in [3.63, 3.8) is 0 Å². The summed E-state index contributed by atoms with van der Waals surface area (Å²) in [5, 5.41) is 0. The first-order valence-electron chi connectivity index (χ1n) is 8.80. The second-order valence-corrected chi connectivity index (χ2v) is 7.17. The van der Waals surface area contributed by atoms with E-state index in [1.54, 1.807) is 18.3 Å². The van der Waals surface area contributed by atoms with E-state index in [2.05, 4.69) is 19.9 Å². The molecule has 1 aliphatic heterocycles.